The minimum Gasteiger partial charge on any atom is -0.350 e. The number of aryl methyl sites for hydroxylation is 1. The minimum atomic E-state index is -0.301. The standard InChI is InChI=1S/C22H18FN5O/c1-15-4-8-17(9-5-15)21(29)28-22(25-13-16-6-10-19(23)11-7-16)26-20(27-28)18-3-2-12-24-14-18/h2-12,14H,13H2,1H3,(H,25,26,27). The van der Waals surface area contributed by atoms with Gasteiger partial charge in [0.05, 0.1) is 0 Å². The van der Waals surface area contributed by atoms with Crippen molar-refractivity contribution in [3.8, 4) is 11.4 Å². The SMILES string of the molecule is Cc1ccc(C(=O)n2nc(-c3cccnc3)nc2NCc2ccc(F)cc2)cc1. The van der Waals surface area contributed by atoms with Gasteiger partial charge in [0, 0.05) is 30.1 Å². The Bertz CT molecular complexity index is 1120. The quantitative estimate of drug-likeness (QED) is 0.558. The number of halogens is 1. The van der Waals surface area contributed by atoms with Gasteiger partial charge in [-0.3, -0.25) is 9.78 Å². The second-order valence-electron chi connectivity index (χ2n) is 6.56. The highest BCUT2D eigenvalue weighted by molar-refractivity contribution is 5.97. The third-order valence-electron chi connectivity index (χ3n) is 4.38. The van der Waals surface area contributed by atoms with Crippen molar-refractivity contribution in [1.82, 2.24) is 19.7 Å². The fourth-order valence-corrected chi connectivity index (χ4v) is 2.79. The highest BCUT2D eigenvalue weighted by Crippen LogP contribution is 2.19. The van der Waals surface area contributed by atoms with Gasteiger partial charge in [-0.05, 0) is 48.9 Å². The summed E-state index contributed by atoms with van der Waals surface area (Å²) in [6.45, 7) is 2.33. The lowest BCUT2D eigenvalue weighted by molar-refractivity contribution is 0.0947. The molecule has 0 aliphatic heterocycles. The Morgan fingerprint density at radius 1 is 1.07 bits per heavy atom. The van der Waals surface area contributed by atoms with Crippen LogP contribution in [0.2, 0.25) is 0 Å². The van der Waals surface area contributed by atoms with Crippen molar-refractivity contribution in [2.75, 3.05) is 5.32 Å². The number of rotatable bonds is 5. The number of nitrogens with one attached hydrogen (secondary N) is 1. The van der Waals surface area contributed by atoms with Gasteiger partial charge in [-0.25, -0.2) is 4.39 Å². The fraction of sp³-hybridized carbons (Fsp3) is 0.0909. The first-order valence-electron chi connectivity index (χ1n) is 9.07. The van der Waals surface area contributed by atoms with Gasteiger partial charge in [-0.2, -0.15) is 9.67 Å². The van der Waals surface area contributed by atoms with E-state index < -0.39 is 0 Å². The molecule has 0 aliphatic carbocycles. The van der Waals surface area contributed by atoms with E-state index in [1.54, 1.807) is 42.7 Å². The lowest BCUT2D eigenvalue weighted by Crippen LogP contribution is -2.17. The number of hydrogen-bond donors (Lipinski definition) is 1. The van der Waals surface area contributed by atoms with Crippen LogP contribution in [0.15, 0.2) is 73.1 Å². The van der Waals surface area contributed by atoms with Gasteiger partial charge in [-0.1, -0.05) is 29.8 Å². The van der Waals surface area contributed by atoms with Gasteiger partial charge in [0.2, 0.25) is 5.95 Å². The summed E-state index contributed by atoms with van der Waals surface area (Å²) in [5, 5.41) is 7.53. The molecule has 0 atom stereocenters. The molecule has 4 aromatic rings. The largest absolute Gasteiger partial charge is 0.350 e. The van der Waals surface area contributed by atoms with Crippen LogP contribution in [-0.2, 0) is 6.54 Å². The summed E-state index contributed by atoms with van der Waals surface area (Å²) in [4.78, 5) is 21.6. The average Bonchev–Trinajstić information content (AvgIpc) is 3.18. The second kappa shape index (κ2) is 8.02. The van der Waals surface area contributed by atoms with E-state index in [1.165, 1.54) is 16.8 Å². The third kappa shape index (κ3) is 4.19. The van der Waals surface area contributed by atoms with Gasteiger partial charge in [0.15, 0.2) is 5.82 Å². The van der Waals surface area contributed by atoms with Crippen LogP contribution in [0, 0.1) is 12.7 Å². The van der Waals surface area contributed by atoms with E-state index in [2.05, 4.69) is 20.4 Å². The average molecular weight is 387 g/mol. The Morgan fingerprint density at radius 3 is 2.52 bits per heavy atom. The van der Waals surface area contributed by atoms with Crippen LogP contribution in [0.25, 0.3) is 11.4 Å². The van der Waals surface area contributed by atoms with E-state index in [4.69, 9.17) is 0 Å². The van der Waals surface area contributed by atoms with Crippen molar-refractivity contribution in [2.45, 2.75) is 13.5 Å². The van der Waals surface area contributed by atoms with Crippen LogP contribution in [-0.4, -0.2) is 25.7 Å². The highest BCUT2D eigenvalue weighted by atomic mass is 19.1. The van der Waals surface area contributed by atoms with E-state index in [9.17, 15) is 9.18 Å². The van der Waals surface area contributed by atoms with Gasteiger partial charge in [0.1, 0.15) is 5.82 Å². The molecule has 2 aromatic heterocycles. The second-order valence-corrected chi connectivity index (χ2v) is 6.56. The van der Waals surface area contributed by atoms with Crippen molar-refractivity contribution < 1.29 is 9.18 Å². The summed E-state index contributed by atoms with van der Waals surface area (Å²) in [6, 6.07) is 17.0. The van der Waals surface area contributed by atoms with Crippen LogP contribution >= 0.6 is 0 Å². The number of hydrogen-bond acceptors (Lipinski definition) is 5. The molecule has 0 fully saturated rings. The molecule has 0 amide bonds. The number of nitrogens with zero attached hydrogens (tertiary/aromatic N) is 4. The number of anilines is 1. The molecule has 0 aliphatic rings. The Morgan fingerprint density at radius 2 is 1.83 bits per heavy atom. The van der Waals surface area contributed by atoms with Crippen LogP contribution in [0.3, 0.4) is 0 Å². The first-order chi connectivity index (χ1) is 14.1. The molecule has 2 heterocycles. The third-order valence-corrected chi connectivity index (χ3v) is 4.38. The highest BCUT2D eigenvalue weighted by Gasteiger charge is 2.18. The molecule has 7 heteroatoms. The zero-order chi connectivity index (χ0) is 20.2. The van der Waals surface area contributed by atoms with Gasteiger partial charge < -0.3 is 5.32 Å². The Kier molecular flexibility index (Phi) is 5.11. The van der Waals surface area contributed by atoms with E-state index >= 15 is 0 Å². The van der Waals surface area contributed by atoms with Crippen LogP contribution in [0.1, 0.15) is 21.5 Å². The summed E-state index contributed by atoms with van der Waals surface area (Å²) in [6.07, 6.45) is 3.30. The normalized spacial score (nSPS) is 10.7. The van der Waals surface area contributed by atoms with Gasteiger partial charge in [-0.15, -0.1) is 5.10 Å². The molecule has 144 valence electrons. The molecular weight excluding hydrogens is 369 g/mol. The Balaban J connectivity index is 1.67. The summed E-state index contributed by atoms with van der Waals surface area (Å²) in [5.74, 6) is 0.0958. The van der Waals surface area contributed by atoms with Crippen LogP contribution in [0.5, 0.6) is 0 Å². The molecule has 0 radical (unpaired) electrons. The molecule has 1 N–H and O–H groups in total. The molecule has 0 bridgehead atoms. The van der Waals surface area contributed by atoms with E-state index in [0.29, 0.717) is 29.4 Å². The molecule has 4 rings (SSSR count). The molecule has 29 heavy (non-hydrogen) atoms. The van der Waals surface area contributed by atoms with E-state index in [-0.39, 0.29) is 11.7 Å². The first kappa shape index (κ1) is 18.5. The first-order valence-corrected chi connectivity index (χ1v) is 9.07. The van der Waals surface area contributed by atoms with Crippen LogP contribution in [0.4, 0.5) is 10.3 Å². The van der Waals surface area contributed by atoms with E-state index in [1.807, 2.05) is 25.1 Å². The van der Waals surface area contributed by atoms with Crippen LogP contribution < -0.4 is 5.32 Å². The maximum atomic E-state index is 13.1. The zero-order valence-corrected chi connectivity index (χ0v) is 15.7. The zero-order valence-electron chi connectivity index (χ0n) is 15.7. The van der Waals surface area contributed by atoms with E-state index in [0.717, 1.165) is 11.1 Å². The topological polar surface area (TPSA) is 72.7 Å². The molecule has 6 nitrogen and oxygen atoms in total. The molecule has 0 unspecified atom stereocenters. The summed E-state index contributed by atoms with van der Waals surface area (Å²) in [5.41, 5.74) is 3.12. The lowest BCUT2D eigenvalue weighted by atomic mass is 10.1. The minimum absolute atomic E-state index is 0.297. The Hall–Kier alpha value is -3.87. The number of pyridine rings is 1. The maximum Gasteiger partial charge on any atom is 0.281 e. The van der Waals surface area contributed by atoms with Crippen molar-refractivity contribution >= 4 is 11.9 Å². The predicted molar refractivity (Wildman–Crippen MR) is 108 cm³/mol. The van der Waals surface area contributed by atoms with Gasteiger partial charge in [0.25, 0.3) is 5.91 Å². The fourth-order valence-electron chi connectivity index (χ4n) is 2.79. The summed E-state index contributed by atoms with van der Waals surface area (Å²) < 4.78 is 14.4. The number of carbonyl (C=O) groups excluding carboxylic acids is 1. The molecule has 0 saturated heterocycles. The number of aromatic nitrogens is 4. The monoisotopic (exact) mass is 387 g/mol. The summed E-state index contributed by atoms with van der Waals surface area (Å²) >= 11 is 0. The molecule has 0 spiro atoms. The summed E-state index contributed by atoms with van der Waals surface area (Å²) in [7, 11) is 0. The molecule has 2 aromatic carbocycles. The number of carbonyl (C=O) groups is 1. The lowest BCUT2D eigenvalue weighted by Gasteiger charge is -2.07. The van der Waals surface area contributed by atoms with Crippen molar-refractivity contribution in [3.63, 3.8) is 0 Å². The van der Waals surface area contributed by atoms with Gasteiger partial charge >= 0.3 is 0 Å². The predicted octanol–water partition coefficient (Wildman–Crippen LogP) is 4.09. The smallest absolute Gasteiger partial charge is 0.281 e. The Labute approximate surface area is 167 Å². The van der Waals surface area contributed by atoms with Crippen molar-refractivity contribution in [1.29, 1.82) is 0 Å². The van der Waals surface area contributed by atoms with Crippen molar-refractivity contribution in [3.05, 3.63) is 95.6 Å². The number of benzene rings is 2. The van der Waals surface area contributed by atoms with Crippen molar-refractivity contribution in [2.24, 2.45) is 0 Å². The molecule has 0 saturated carbocycles. The molecular formula is C22H18FN5O. The maximum absolute atomic E-state index is 13.1.